The van der Waals surface area contributed by atoms with E-state index in [4.69, 9.17) is 4.74 Å². The number of rotatable bonds is 4. The minimum absolute atomic E-state index is 0.124. The van der Waals surface area contributed by atoms with Crippen molar-refractivity contribution in [1.29, 1.82) is 0 Å². The first kappa shape index (κ1) is 14.2. The Morgan fingerprint density at radius 2 is 1.81 bits per heavy atom. The van der Waals surface area contributed by atoms with Gasteiger partial charge < -0.3 is 9.84 Å². The molecule has 1 atom stereocenters. The number of ether oxygens (including phenoxy) is 1. The fourth-order valence-electron chi connectivity index (χ4n) is 3.43. The minimum Gasteiger partial charge on any atom is -0.497 e. The molecule has 1 unspecified atom stereocenters. The lowest BCUT2D eigenvalue weighted by Crippen LogP contribution is -2.40. The summed E-state index contributed by atoms with van der Waals surface area (Å²) in [6.45, 7) is 2.04. The van der Waals surface area contributed by atoms with Crippen LogP contribution in [-0.4, -0.2) is 12.2 Å². The maximum Gasteiger partial charge on any atom is 0.119 e. The molecule has 0 radical (unpaired) electrons. The zero-order chi connectivity index (χ0) is 14.9. The summed E-state index contributed by atoms with van der Waals surface area (Å²) in [5.41, 5.74) is 3.23. The highest BCUT2D eigenvalue weighted by Crippen LogP contribution is 2.52. The van der Waals surface area contributed by atoms with Crippen LogP contribution in [0.15, 0.2) is 48.5 Å². The molecule has 21 heavy (non-hydrogen) atoms. The van der Waals surface area contributed by atoms with E-state index in [1.165, 1.54) is 12.0 Å². The van der Waals surface area contributed by atoms with Crippen LogP contribution in [-0.2, 0) is 5.41 Å². The Bertz CT molecular complexity index is 615. The molecule has 2 nitrogen and oxygen atoms in total. The molecule has 0 aromatic heterocycles. The Kier molecular flexibility index (Phi) is 3.73. The lowest BCUT2D eigenvalue weighted by Gasteiger charge is -2.46. The van der Waals surface area contributed by atoms with Crippen LogP contribution in [0.3, 0.4) is 0 Å². The number of benzene rings is 2. The summed E-state index contributed by atoms with van der Waals surface area (Å²) in [5, 5.41) is 11.0. The van der Waals surface area contributed by atoms with Crippen molar-refractivity contribution >= 4 is 0 Å². The molecular weight excluding hydrogens is 260 g/mol. The number of aliphatic hydroxyl groups excluding tert-OH is 1. The summed E-state index contributed by atoms with van der Waals surface area (Å²) in [7, 11) is 1.67. The lowest BCUT2D eigenvalue weighted by molar-refractivity contribution is 0.0264. The standard InChI is InChI=1S/C19H22O2/c1-14-13-16(21-2)9-10-17(14)18(20)19(11-6-12-19)15-7-4-3-5-8-15/h3-5,7-10,13,18,20H,6,11-12H2,1-2H3. The van der Waals surface area contributed by atoms with Crippen LogP contribution >= 0.6 is 0 Å². The fraction of sp³-hybridized carbons (Fsp3) is 0.368. The fourth-order valence-corrected chi connectivity index (χ4v) is 3.43. The molecule has 0 bridgehead atoms. The van der Waals surface area contributed by atoms with Crippen LogP contribution in [0, 0.1) is 6.92 Å². The predicted molar refractivity (Wildman–Crippen MR) is 84.7 cm³/mol. The van der Waals surface area contributed by atoms with Crippen molar-refractivity contribution < 1.29 is 9.84 Å². The van der Waals surface area contributed by atoms with Gasteiger partial charge in [0, 0.05) is 5.41 Å². The summed E-state index contributed by atoms with van der Waals surface area (Å²) in [6.07, 6.45) is 2.81. The molecular formula is C19H22O2. The van der Waals surface area contributed by atoms with Gasteiger partial charge in [-0.3, -0.25) is 0 Å². The van der Waals surface area contributed by atoms with E-state index in [-0.39, 0.29) is 5.41 Å². The molecule has 2 aromatic carbocycles. The zero-order valence-electron chi connectivity index (χ0n) is 12.7. The van der Waals surface area contributed by atoms with Crippen molar-refractivity contribution in [2.75, 3.05) is 7.11 Å². The Labute approximate surface area is 126 Å². The summed E-state index contributed by atoms with van der Waals surface area (Å²) >= 11 is 0. The van der Waals surface area contributed by atoms with Gasteiger partial charge in [0.25, 0.3) is 0 Å². The van der Waals surface area contributed by atoms with Crippen molar-refractivity contribution in [3.8, 4) is 5.75 Å². The van der Waals surface area contributed by atoms with E-state index in [2.05, 4.69) is 24.3 Å². The third-order valence-electron chi connectivity index (χ3n) is 4.89. The Morgan fingerprint density at radius 1 is 1.10 bits per heavy atom. The molecule has 2 heteroatoms. The smallest absolute Gasteiger partial charge is 0.119 e. The lowest BCUT2D eigenvalue weighted by atomic mass is 9.59. The van der Waals surface area contributed by atoms with Crippen molar-refractivity contribution in [2.45, 2.75) is 37.7 Å². The molecule has 1 aliphatic rings. The first-order chi connectivity index (χ1) is 10.2. The molecule has 2 aromatic rings. The second-order valence-electron chi connectivity index (χ2n) is 6.00. The monoisotopic (exact) mass is 282 g/mol. The van der Waals surface area contributed by atoms with Crippen molar-refractivity contribution in [1.82, 2.24) is 0 Å². The third-order valence-corrected chi connectivity index (χ3v) is 4.89. The highest BCUT2D eigenvalue weighted by atomic mass is 16.5. The van der Waals surface area contributed by atoms with E-state index in [0.717, 1.165) is 29.7 Å². The summed E-state index contributed by atoms with van der Waals surface area (Å²) in [4.78, 5) is 0. The van der Waals surface area contributed by atoms with Gasteiger partial charge >= 0.3 is 0 Å². The SMILES string of the molecule is COc1ccc(C(O)C2(c3ccccc3)CCC2)c(C)c1. The van der Waals surface area contributed by atoms with E-state index in [0.29, 0.717) is 0 Å². The van der Waals surface area contributed by atoms with Gasteiger partial charge in [-0.15, -0.1) is 0 Å². The molecule has 0 saturated heterocycles. The van der Waals surface area contributed by atoms with E-state index in [1.807, 2.05) is 31.2 Å². The molecule has 0 spiro atoms. The van der Waals surface area contributed by atoms with Crippen LogP contribution in [0.25, 0.3) is 0 Å². The van der Waals surface area contributed by atoms with Gasteiger partial charge in [-0.2, -0.15) is 0 Å². The second-order valence-corrected chi connectivity index (χ2v) is 6.00. The van der Waals surface area contributed by atoms with Gasteiger partial charge in [-0.05, 0) is 48.6 Å². The Balaban J connectivity index is 1.98. The molecule has 0 heterocycles. The van der Waals surface area contributed by atoms with Gasteiger partial charge in [0.2, 0.25) is 0 Å². The minimum atomic E-state index is -0.459. The van der Waals surface area contributed by atoms with Crippen molar-refractivity contribution in [3.63, 3.8) is 0 Å². The second kappa shape index (κ2) is 5.53. The molecule has 1 fully saturated rings. The quantitative estimate of drug-likeness (QED) is 0.912. The van der Waals surface area contributed by atoms with Gasteiger partial charge in [0.15, 0.2) is 0 Å². The van der Waals surface area contributed by atoms with Gasteiger partial charge in [0.05, 0.1) is 13.2 Å². The molecule has 1 N–H and O–H groups in total. The highest BCUT2D eigenvalue weighted by molar-refractivity contribution is 5.41. The molecule has 0 amide bonds. The first-order valence-electron chi connectivity index (χ1n) is 7.55. The summed E-state index contributed by atoms with van der Waals surface area (Å²) in [6, 6.07) is 16.4. The molecule has 1 aliphatic carbocycles. The summed E-state index contributed by atoms with van der Waals surface area (Å²) in [5.74, 6) is 0.839. The molecule has 3 rings (SSSR count). The van der Waals surface area contributed by atoms with Gasteiger partial charge in [-0.1, -0.05) is 42.8 Å². The largest absolute Gasteiger partial charge is 0.497 e. The van der Waals surface area contributed by atoms with Crippen molar-refractivity contribution in [3.05, 3.63) is 65.2 Å². The Hall–Kier alpha value is -1.80. The number of aryl methyl sites for hydroxylation is 1. The van der Waals surface area contributed by atoms with Crippen LogP contribution < -0.4 is 4.74 Å². The van der Waals surface area contributed by atoms with Crippen LogP contribution in [0.1, 0.15) is 42.1 Å². The highest BCUT2D eigenvalue weighted by Gasteiger charge is 2.45. The Morgan fingerprint density at radius 3 is 2.33 bits per heavy atom. The van der Waals surface area contributed by atoms with E-state index in [1.54, 1.807) is 7.11 Å². The normalized spacial score (nSPS) is 17.9. The number of methoxy groups -OCH3 is 1. The molecule has 1 saturated carbocycles. The van der Waals surface area contributed by atoms with Crippen LogP contribution in [0.4, 0.5) is 0 Å². The molecule has 0 aliphatic heterocycles. The molecule has 110 valence electrons. The first-order valence-corrected chi connectivity index (χ1v) is 7.55. The maximum atomic E-state index is 11.0. The number of hydrogen-bond acceptors (Lipinski definition) is 2. The number of aliphatic hydroxyl groups is 1. The van der Waals surface area contributed by atoms with E-state index in [9.17, 15) is 5.11 Å². The van der Waals surface area contributed by atoms with Crippen molar-refractivity contribution in [2.24, 2.45) is 0 Å². The van der Waals surface area contributed by atoms with Gasteiger partial charge in [0.1, 0.15) is 5.75 Å². The van der Waals surface area contributed by atoms with Crippen LogP contribution in [0.5, 0.6) is 5.75 Å². The topological polar surface area (TPSA) is 29.5 Å². The maximum absolute atomic E-state index is 11.0. The van der Waals surface area contributed by atoms with E-state index < -0.39 is 6.10 Å². The third kappa shape index (κ3) is 2.34. The van der Waals surface area contributed by atoms with Gasteiger partial charge in [-0.25, -0.2) is 0 Å². The van der Waals surface area contributed by atoms with Crippen LogP contribution in [0.2, 0.25) is 0 Å². The summed E-state index contributed by atoms with van der Waals surface area (Å²) < 4.78 is 5.26. The predicted octanol–water partition coefficient (Wildman–Crippen LogP) is 4.16. The van der Waals surface area contributed by atoms with E-state index >= 15 is 0 Å². The average Bonchev–Trinajstić information content (AvgIpc) is 2.47. The number of hydrogen-bond donors (Lipinski definition) is 1. The average molecular weight is 282 g/mol. The zero-order valence-corrected chi connectivity index (χ0v) is 12.7.